The van der Waals surface area contributed by atoms with Crippen molar-refractivity contribution in [1.29, 1.82) is 0 Å². The zero-order chi connectivity index (χ0) is 27.7. The van der Waals surface area contributed by atoms with Gasteiger partial charge in [0.15, 0.2) is 5.82 Å². The smallest absolute Gasteiger partial charge is 0.247 e. The number of carbonyl (C=O) groups is 1. The van der Waals surface area contributed by atoms with E-state index < -0.39 is 0 Å². The lowest BCUT2D eigenvalue weighted by Crippen LogP contribution is -2.10. The molecular formula is C26H26Cl2N8O3. The topological polar surface area (TPSA) is 128 Å². The van der Waals surface area contributed by atoms with E-state index in [0.717, 1.165) is 11.9 Å². The van der Waals surface area contributed by atoms with Gasteiger partial charge in [0.2, 0.25) is 11.9 Å². The SMILES string of the molecule is C=CC(=O)Nc1cn(C)nc1Nc1nc(NCC2CC2)c2cc(-c3c(Cl)c(OC)cc(OC)c3Cl)ncc2n1. The van der Waals surface area contributed by atoms with Gasteiger partial charge in [0.05, 0.1) is 47.9 Å². The normalized spacial score (nSPS) is 12.7. The summed E-state index contributed by atoms with van der Waals surface area (Å²) in [5.74, 6) is 2.32. The number of benzene rings is 1. The Morgan fingerprint density at radius 2 is 1.87 bits per heavy atom. The highest BCUT2D eigenvalue weighted by Gasteiger charge is 2.23. The van der Waals surface area contributed by atoms with Crippen LogP contribution >= 0.6 is 23.2 Å². The summed E-state index contributed by atoms with van der Waals surface area (Å²) in [4.78, 5) is 25.9. The molecule has 1 saturated carbocycles. The average molecular weight is 569 g/mol. The van der Waals surface area contributed by atoms with Gasteiger partial charge in [-0.05, 0) is 30.9 Å². The van der Waals surface area contributed by atoms with Gasteiger partial charge < -0.3 is 25.4 Å². The molecule has 1 aliphatic carbocycles. The fourth-order valence-corrected chi connectivity index (χ4v) is 4.69. The van der Waals surface area contributed by atoms with Gasteiger partial charge in [-0.15, -0.1) is 0 Å². The molecule has 0 aliphatic heterocycles. The van der Waals surface area contributed by atoms with Crippen LogP contribution in [0.25, 0.3) is 22.2 Å². The fraction of sp³-hybridized carbons (Fsp3) is 0.269. The van der Waals surface area contributed by atoms with E-state index in [2.05, 4.69) is 37.6 Å². The molecule has 0 bridgehead atoms. The molecule has 11 nitrogen and oxygen atoms in total. The Bertz CT molecular complexity index is 1560. The van der Waals surface area contributed by atoms with Crippen LogP contribution in [0.5, 0.6) is 11.5 Å². The number of carbonyl (C=O) groups excluding carboxylic acids is 1. The molecule has 0 radical (unpaired) electrons. The maximum absolute atomic E-state index is 11.9. The first-order chi connectivity index (χ1) is 18.8. The lowest BCUT2D eigenvalue weighted by atomic mass is 10.1. The summed E-state index contributed by atoms with van der Waals surface area (Å²) in [6.07, 6.45) is 6.81. The van der Waals surface area contributed by atoms with Crippen LogP contribution in [0.3, 0.4) is 0 Å². The highest BCUT2D eigenvalue weighted by Crippen LogP contribution is 2.46. The largest absolute Gasteiger partial charge is 0.495 e. The molecule has 1 amide bonds. The number of halogens is 2. The molecule has 3 heterocycles. The monoisotopic (exact) mass is 568 g/mol. The Balaban J connectivity index is 1.59. The molecule has 39 heavy (non-hydrogen) atoms. The van der Waals surface area contributed by atoms with E-state index in [1.54, 1.807) is 30.2 Å². The first-order valence-electron chi connectivity index (χ1n) is 12.1. The molecule has 5 rings (SSSR count). The third-order valence-electron chi connectivity index (χ3n) is 6.17. The predicted octanol–water partition coefficient (Wildman–Crippen LogP) is 5.44. The van der Waals surface area contributed by atoms with E-state index in [4.69, 9.17) is 37.7 Å². The Morgan fingerprint density at radius 1 is 1.15 bits per heavy atom. The number of ether oxygens (including phenoxy) is 2. The molecule has 0 atom stereocenters. The van der Waals surface area contributed by atoms with Gasteiger partial charge in [-0.25, -0.2) is 4.98 Å². The second-order valence-electron chi connectivity index (χ2n) is 8.97. The van der Waals surface area contributed by atoms with E-state index in [9.17, 15) is 4.79 Å². The number of methoxy groups -OCH3 is 2. The van der Waals surface area contributed by atoms with Crippen molar-refractivity contribution in [1.82, 2.24) is 24.7 Å². The number of fused-ring (bicyclic) bond motifs is 1. The number of hydrogen-bond donors (Lipinski definition) is 3. The van der Waals surface area contributed by atoms with Crippen LogP contribution in [0.15, 0.2) is 37.2 Å². The lowest BCUT2D eigenvalue weighted by molar-refractivity contribution is -0.111. The number of aromatic nitrogens is 5. The zero-order valence-corrected chi connectivity index (χ0v) is 23.0. The molecule has 3 aromatic heterocycles. The van der Waals surface area contributed by atoms with Crippen molar-refractivity contribution in [2.24, 2.45) is 13.0 Å². The van der Waals surface area contributed by atoms with Crippen molar-refractivity contribution in [3.63, 3.8) is 0 Å². The van der Waals surface area contributed by atoms with Gasteiger partial charge in [0, 0.05) is 30.6 Å². The average Bonchev–Trinajstić information content (AvgIpc) is 3.69. The summed E-state index contributed by atoms with van der Waals surface area (Å²) in [7, 11) is 4.78. The summed E-state index contributed by atoms with van der Waals surface area (Å²) in [6.45, 7) is 4.26. The van der Waals surface area contributed by atoms with Crippen molar-refractivity contribution >= 4 is 63.3 Å². The Labute approximate surface area is 234 Å². The molecule has 1 aromatic carbocycles. The molecule has 0 unspecified atom stereocenters. The molecule has 1 fully saturated rings. The Morgan fingerprint density at radius 3 is 2.51 bits per heavy atom. The van der Waals surface area contributed by atoms with Crippen molar-refractivity contribution in [2.45, 2.75) is 12.8 Å². The van der Waals surface area contributed by atoms with E-state index in [1.807, 2.05) is 6.07 Å². The fourth-order valence-electron chi connectivity index (χ4n) is 3.99. The van der Waals surface area contributed by atoms with Crippen molar-refractivity contribution in [3.05, 3.63) is 47.2 Å². The summed E-state index contributed by atoms with van der Waals surface area (Å²) in [5, 5.41) is 15.0. The van der Waals surface area contributed by atoms with Gasteiger partial charge in [0.1, 0.15) is 23.0 Å². The van der Waals surface area contributed by atoms with Crippen molar-refractivity contribution in [3.8, 4) is 22.8 Å². The van der Waals surface area contributed by atoms with Crippen LogP contribution in [-0.2, 0) is 11.8 Å². The minimum atomic E-state index is -0.361. The Hall–Kier alpha value is -4.09. The zero-order valence-electron chi connectivity index (χ0n) is 21.5. The highest BCUT2D eigenvalue weighted by atomic mass is 35.5. The van der Waals surface area contributed by atoms with E-state index in [-0.39, 0.29) is 11.9 Å². The van der Waals surface area contributed by atoms with Crippen LogP contribution in [0.2, 0.25) is 10.0 Å². The summed E-state index contributed by atoms with van der Waals surface area (Å²) in [5.41, 5.74) is 2.02. The summed E-state index contributed by atoms with van der Waals surface area (Å²) in [6, 6.07) is 3.46. The van der Waals surface area contributed by atoms with E-state index >= 15 is 0 Å². The summed E-state index contributed by atoms with van der Waals surface area (Å²) >= 11 is 13.3. The summed E-state index contributed by atoms with van der Waals surface area (Å²) < 4.78 is 12.4. The second-order valence-corrected chi connectivity index (χ2v) is 9.73. The molecule has 1 aliphatic rings. The quantitative estimate of drug-likeness (QED) is 0.214. The number of aryl methyl sites for hydroxylation is 1. The molecule has 0 spiro atoms. The number of amides is 1. The van der Waals surface area contributed by atoms with Gasteiger partial charge >= 0.3 is 0 Å². The number of hydrogen-bond acceptors (Lipinski definition) is 9. The van der Waals surface area contributed by atoms with Gasteiger partial charge in [0.25, 0.3) is 0 Å². The number of rotatable bonds is 10. The highest BCUT2D eigenvalue weighted by molar-refractivity contribution is 6.41. The maximum Gasteiger partial charge on any atom is 0.247 e. The third-order valence-corrected chi connectivity index (χ3v) is 6.92. The lowest BCUT2D eigenvalue weighted by Gasteiger charge is -2.16. The molecule has 202 valence electrons. The molecule has 4 aromatic rings. The van der Waals surface area contributed by atoms with Crippen LogP contribution in [0, 0.1) is 5.92 Å². The van der Waals surface area contributed by atoms with Crippen molar-refractivity contribution in [2.75, 3.05) is 36.7 Å². The van der Waals surface area contributed by atoms with E-state index in [0.29, 0.717) is 61.6 Å². The van der Waals surface area contributed by atoms with Crippen LogP contribution in [0.4, 0.5) is 23.3 Å². The maximum atomic E-state index is 11.9. The number of anilines is 4. The molecular weight excluding hydrogens is 543 g/mol. The second kappa shape index (κ2) is 11.0. The minimum Gasteiger partial charge on any atom is -0.495 e. The number of nitrogens with one attached hydrogen (secondary N) is 3. The first-order valence-corrected chi connectivity index (χ1v) is 12.8. The van der Waals surface area contributed by atoms with Crippen molar-refractivity contribution < 1.29 is 14.3 Å². The standard InChI is InChI=1S/C26H26Cl2N8O3/c1-5-20(37)31-17-12-36(2)35-25(17)34-26-32-16-11-29-15(8-14(16)24(33-26)30-10-13-6-7-13)21-22(27)18(38-3)9-19(39-4)23(21)28/h5,8-9,11-13H,1,6-7,10H2,2-4H3,(H,31,37)(H2,30,32,33,34,35). The molecule has 0 saturated heterocycles. The van der Waals surface area contributed by atoms with Gasteiger partial charge in [-0.2, -0.15) is 10.1 Å². The minimum absolute atomic E-state index is 0.280. The number of nitrogens with zero attached hydrogens (tertiary/aromatic N) is 5. The Kier molecular flexibility index (Phi) is 7.45. The van der Waals surface area contributed by atoms with Gasteiger partial charge in [-0.1, -0.05) is 29.8 Å². The van der Waals surface area contributed by atoms with Gasteiger partial charge in [-0.3, -0.25) is 14.5 Å². The van der Waals surface area contributed by atoms with E-state index in [1.165, 1.54) is 33.1 Å². The predicted molar refractivity (Wildman–Crippen MR) is 152 cm³/mol. The molecule has 3 N–H and O–H groups in total. The van der Waals surface area contributed by atoms with Crippen LogP contribution in [0.1, 0.15) is 12.8 Å². The third kappa shape index (κ3) is 5.55. The molecule has 13 heteroatoms. The van der Waals surface area contributed by atoms with Crippen LogP contribution < -0.4 is 25.4 Å². The van der Waals surface area contributed by atoms with Crippen LogP contribution in [-0.4, -0.2) is 51.4 Å². The number of pyridine rings is 1. The first kappa shape index (κ1) is 26.5.